The Kier molecular flexibility index (Phi) is 5.56. The molecule has 1 aromatic carbocycles. The zero-order chi connectivity index (χ0) is 24.0. The molecule has 4 aromatic rings. The minimum atomic E-state index is -0.457. The summed E-state index contributed by atoms with van der Waals surface area (Å²) in [5.74, 6) is 0.205. The first-order chi connectivity index (χ1) is 16.3. The predicted molar refractivity (Wildman–Crippen MR) is 128 cm³/mol. The highest BCUT2D eigenvalue weighted by atomic mass is 32.1. The summed E-state index contributed by atoms with van der Waals surface area (Å²) < 4.78 is 17.7. The van der Waals surface area contributed by atoms with Crippen LogP contribution in [0.2, 0.25) is 0 Å². The molecule has 0 radical (unpaired) electrons. The van der Waals surface area contributed by atoms with E-state index < -0.39 is 11.2 Å². The number of anilines is 1. The maximum Gasteiger partial charge on any atom is 0.332 e. The van der Waals surface area contributed by atoms with Gasteiger partial charge in [-0.1, -0.05) is 18.2 Å². The molecule has 3 aromatic heterocycles. The van der Waals surface area contributed by atoms with Crippen molar-refractivity contribution in [3.8, 4) is 0 Å². The average Bonchev–Trinajstić information content (AvgIpc) is 3.51. The minimum absolute atomic E-state index is 0.00531. The normalized spacial score (nSPS) is 14.2. The van der Waals surface area contributed by atoms with E-state index in [2.05, 4.69) is 0 Å². The molecular weight excluding hydrogens is 459 g/mol. The summed E-state index contributed by atoms with van der Waals surface area (Å²) in [5.41, 5.74) is 0.500. The van der Waals surface area contributed by atoms with Crippen LogP contribution in [0, 0.1) is 5.82 Å². The molecule has 9 nitrogen and oxygen atoms in total. The van der Waals surface area contributed by atoms with Gasteiger partial charge < -0.3 is 9.80 Å². The summed E-state index contributed by atoms with van der Waals surface area (Å²) in [7, 11) is 3.02. The van der Waals surface area contributed by atoms with Crippen molar-refractivity contribution in [2.45, 2.75) is 6.54 Å². The van der Waals surface area contributed by atoms with Gasteiger partial charge in [-0.25, -0.2) is 9.18 Å². The molecule has 0 aliphatic carbocycles. The van der Waals surface area contributed by atoms with Gasteiger partial charge in [0.25, 0.3) is 11.5 Å². The third kappa shape index (κ3) is 3.71. The number of benzene rings is 1. The van der Waals surface area contributed by atoms with Crippen molar-refractivity contribution in [1.29, 1.82) is 0 Å². The molecule has 0 bridgehead atoms. The summed E-state index contributed by atoms with van der Waals surface area (Å²) in [6, 6.07) is 9.74. The number of fused-ring (bicyclic) bond motifs is 1. The van der Waals surface area contributed by atoms with Crippen LogP contribution in [0.1, 0.15) is 15.2 Å². The van der Waals surface area contributed by atoms with Gasteiger partial charge >= 0.3 is 5.69 Å². The Morgan fingerprint density at radius 2 is 1.74 bits per heavy atom. The lowest BCUT2D eigenvalue weighted by Crippen LogP contribution is -2.49. The van der Waals surface area contributed by atoms with Crippen molar-refractivity contribution in [1.82, 2.24) is 23.6 Å². The molecule has 176 valence electrons. The number of aromatic nitrogens is 4. The molecule has 5 rings (SSSR count). The zero-order valence-electron chi connectivity index (χ0n) is 18.8. The van der Waals surface area contributed by atoms with E-state index in [1.807, 2.05) is 27.3 Å². The molecule has 0 unspecified atom stereocenters. The topological polar surface area (TPSA) is 85.4 Å². The van der Waals surface area contributed by atoms with E-state index in [-0.39, 0.29) is 18.3 Å². The number of thiophene rings is 1. The lowest BCUT2D eigenvalue weighted by Gasteiger charge is -2.35. The summed E-state index contributed by atoms with van der Waals surface area (Å²) in [4.78, 5) is 47.6. The minimum Gasteiger partial charge on any atom is -0.339 e. The van der Waals surface area contributed by atoms with E-state index in [1.165, 1.54) is 35.1 Å². The molecule has 1 fully saturated rings. The average molecular weight is 483 g/mol. The summed E-state index contributed by atoms with van der Waals surface area (Å²) in [6.45, 7) is 2.35. The van der Waals surface area contributed by atoms with Crippen LogP contribution in [0.15, 0.2) is 51.4 Å². The summed E-state index contributed by atoms with van der Waals surface area (Å²) in [6.07, 6.45) is 0. The second kappa shape index (κ2) is 8.56. The Bertz CT molecular complexity index is 1480. The Labute approximate surface area is 197 Å². The van der Waals surface area contributed by atoms with Crippen molar-refractivity contribution in [3.63, 3.8) is 0 Å². The maximum absolute atomic E-state index is 13.5. The maximum atomic E-state index is 13.5. The molecule has 1 saturated heterocycles. The summed E-state index contributed by atoms with van der Waals surface area (Å²) in [5, 5.41) is 1.88. The van der Waals surface area contributed by atoms with Crippen molar-refractivity contribution in [3.05, 3.63) is 78.9 Å². The Morgan fingerprint density at radius 3 is 2.38 bits per heavy atom. The van der Waals surface area contributed by atoms with Crippen LogP contribution in [0.25, 0.3) is 11.2 Å². The molecule has 1 aliphatic heterocycles. The number of hydrogen-bond acceptors (Lipinski definition) is 6. The molecule has 11 heteroatoms. The lowest BCUT2D eigenvalue weighted by molar-refractivity contribution is 0.0751. The Morgan fingerprint density at radius 1 is 1.03 bits per heavy atom. The van der Waals surface area contributed by atoms with Crippen LogP contribution < -0.4 is 16.1 Å². The van der Waals surface area contributed by atoms with E-state index in [1.54, 1.807) is 23.7 Å². The molecule has 1 amide bonds. The largest absolute Gasteiger partial charge is 0.339 e. The first kappa shape index (κ1) is 22.1. The molecular formula is C23H23FN6O3S. The first-order valence-electron chi connectivity index (χ1n) is 10.8. The number of carbonyl (C=O) groups excluding carboxylic acids is 1. The van der Waals surface area contributed by atoms with Crippen molar-refractivity contribution < 1.29 is 9.18 Å². The lowest BCUT2D eigenvalue weighted by atomic mass is 10.2. The fraction of sp³-hybridized carbons (Fsp3) is 0.304. The second-order valence-corrected chi connectivity index (χ2v) is 9.21. The van der Waals surface area contributed by atoms with E-state index >= 15 is 0 Å². The fourth-order valence-corrected chi connectivity index (χ4v) is 4.96. The highest BCUT2D eigenvalue weighted by Gasteiger charge is 2.28. The number of amides is 1. The standard InChI is InChI=1S/C23H23FN6O3S/c1-26-19-18(21(32)27(2)23(26)33)30(14-15-5-7-16(24)8-6-15)22(25-19)29-11-9-28(10-12-29)20(31)17-4-3-13-34-17/h3-8,13H,9-12,14H2,1-2H3. The van der Waals surface area contributed by atoms with Gasteiger partial charge in [-0.15, -0.1) is 11.3 Å². The number of hydrogen-bond donors (Lipinski definition) is 0. The highest BCUT2D eigenvalue weighted by molar-refractivity contribution is 7.12. The van der Waals surface area contributed by atoms with Gasteiger partial charge in [-0.05, 0) is 29.1 Å². The number of halogens is 1. The van der Waals surface area contributed by atoms with Gasteiger partial charge in [-0.2, -0.15) is 4.98 Å². The van der Waals surface area contributed by atoms with Crippen LogP contribution in [-0.4, -0.2) is 55.7 Å². The number of nitrogens with zero attached hydrogens (tertiary/aromatic N) is 6. The Balaban J connectivity index is 1.54. The van der Waals surface area contributed by atoms with Crippen LogP contribution in [-0.2, 0) is 20.6 Å². The van der Waals surface area contributed by atoms with Gasteiger partial charge in [0.15, 0.2) is 11.2 Å². The van der Waals surface area contributed by atoms with Crippen molar-refractivity contribution in [2.24, 2.45) is 14.1 Å². The molecule has 0 N–H and O–H groups in total. The first-order valence-corrected chi connectivity index (χ1v) is 11.7. The van der Waals surface area contributed by atoms with Crippen molar-refractivity contribution >= 4 is 34.4 Å². The molecule has 4 heterocycles. The third-order valence-electron chi connectivity index (χ3n) is 6.16. The Hall–Kier alpha value is -3.73. The molecule has 0 saturated carbocycles. The van der Waals surface area contributed by atoms with Gasteiger partial charge in [-0.3, -0.25) is 23.3 Å². The van der Waals surface area contributed by atoms with Crippen molar-refractivity contribution in [2.75, 3.05) is 31.1 Å². The molecule has 34 heavy (non-hydrogen) atoms. The highest BCUT2D eigenvalue weighted by Crippen LogP contribution is 2.23. The van der Waals surface area contributed by atoms with Gasteiger partial charge in [0, 0.05) is 40.3 Å². The zero-order valence-corrected chi connectivity index (χ0v) is 19.6. The van der Waals surface area contributed by atoms with E-state index in [4.69, 9.17) is 4.98 Å². The fourth-order valence-electron chi connectivity index (χ4n) is 4.26. The predicted octanol–water partition coefficient (Wildman–Crippen LogP) is 1.64. The molecule has 0 atom stereocenters. The van der Waals surface area contributed by atoms with Crippen LogP contribution in [0.4, 0.5) is 10.3 Å². The van der Waals surface area contributed by atoms with E-state index in [0.29, 0.717) is 48.2 Å². The quantitative estimate of drug-likeness (QED) is 0.442. The second-order valence-electron chi connectivity index (χ2n) is 8.26. The van der Waals surface area contributed by atoms with Gasteiger partial charge in [0.05, 0.1) is 11.4 Å². The number of piperazine rings is 1. The number of aryl methyl sites for hydroxylation is 1. The number of imidazole rings is 1. The van der Waals surface area contributed by atoms with Gasteiger partial charge in [0.1, 0.15) is 5.82 Å². The number of carbonyl (C=O) groups is 1. The number of rotatable bonds is 4. The SMILES string of the molecule is Cn1c(=O)c2c(nc(N3CCN(C(=O)c4cccs4)CC3)n2Cc2ccc(F)cc2)n(C)c1=O. The van der Waals surface area contributed by atoms with E-state index in [0.717, 1.165) is 10.1 Å². The summed E-state index contributed by atoms with van der Waals surface area (Å²) >= 11 is 1.42. The molecule has 1 aliphatic rings. The van der Waals surface area contributed by atoms with E-state index in [9.17, 15) is 18.8 Å². The third-order valence-corrected chi connectivity index (χ3v) is 7.02. The smallest absolute Gasteiger partial charge is 0.332 e. The van der Waals surface area contributed by atoms with Crippen LogP contribution >= 0.6 is 11.3 Å². The van der Waals surface area contributed by atoms with Crippen LogP contribution in [0.5, 0.6) is 0 Å². The van der Waals surface area contributed by atoms with Gasteiger partial charge in [0.2, 0.25) is 5.95 Å². The molecule has 0 spiro atoms. The monoisotopic (exact) mass is 482 g/mol. The van der Waals surface area contributed by atoms with Crippen LogP contribution in [0.3, 0.4) is 0 Å².